The zero-order valence-corrected chi connectivity index (χ0v) is 13.4. The molecule has 0 spiro atoms. The monoisotopic (exact) mass is 313 g/mol. The van der Waals surface area contributed by atoms with E-state index in [9.17, 15) is 4.79 Å². The summed E-state index contributed by atoms with van der Waals surface area (Å²) in [5.74, 6) is 1.68. The highest BCUT2D eigenvalue weighted by molar-refractivity contribution is 8.00. The van der Waals surface area contributed by atoms with E-state index in [1.807, 2.05) is 18.7 Å². The van der Waals surface area contributed by atoms with Crippen molar-refractivity contribution in [2.45, 2.75) is 31.4 Å². The van der Waals surface area contributed by atoms with Crippen molar-refractivity contribution in [1.82, 2.24) is 10.3 Å². The van der Waals surface area contributed by atoms with Gasteiger partial charge in [0, 0.05) is 24.0 Å². The Labute approximate surface area is 129 Å². The van der Waals surface area contributed by atoms with Crippen LogP contribution in [-0.2, 0) is 0 Å². The lowest BCUT2D eigenvalue weighted by Gasteiger charge is -2.22. The first kappa shape index (κ1) is 15.4. The summed E-state index contributed by atoms with van der Waals surface area (Å²) in [6, 6.07) is 1.66. The molecule has 2 rings (SSSR count). The Hall–Kier alpha value is -0.940. The number of carbonyl (C=O) groups is 1. The van der Waals surface area contributed by atoms with Crippen LogP contribution in [0.4, 0.5) is 5.82 Å². The highest BCUT2D eigenvalue weighted by Crippen LogP contribution is 2.37. The Morgan fingerprint density at radius 2 is 2.40 bits per heavy atom. The summed E-state index contributed by atoms with van der Waals surface area (Å²) < 4.78 is 0.163. The maximum atomic E-state index is 12.1. The summed E-state index contributed by atoms with van der Waals surface area (Å²) in [7, 11) is 0. The van der Waals surface area contributed by atoms with Crippen LogP contribution < -0.4 is 10.6 Å². The molecule has 0 bridgehead atoms. The van der Waals surface area contributed by atoms with Crippen molar-refractivity contribution >= 4 is 35.1 Å². The second kappa shape index (κ2) is 6.68. The molecule has 1 aromatic rings. The highest BCUT2D eigenvalue weighted by Gasteiger charge is 2.29. The maximum Gasteiger partial charge on any atom is 0.252 e. The molecule has 6 heteroatoms. The van der Waals surface area contributed by atoms with Crippen LogP contribution in [0.2, 0.25) is 5.02 Å². The van der Waals surface area contributed by atoms with Crippen LogP contribution in [0.25, 0.3) is 0 Å². The molecule has 0 aliphatic carbocycles. The quantitative estimate of drug-likeness (QED) is 0.876. The molecule has 0 aromatic carbocycles. The number of aromatic nitrogens is 1. The number of nitrogens with one attached hydrogen (secondary N) is 2. The van der Waals surface area contributed by atoms with E-state index in [0.29, 0.717) is 22.9 Å². The minimum atomic E-state index is -0.115. The van der Waals surface area contributed by atoms with Gasteiger partial charge in [0.2, 0.25) is 0 Å². The molecule has 2 N–H and O–H groups in total. The number of nitrogens with zero attached hydrogens (tertiary/aromatic N) is 1. The first-order valence-electron chi connectivity index (χ1n) is 6.86. The summed E-state index contributed by atoms with van der Waals surface area (Å²) in [6.07, 6.45) is 3.93. The third kappa shape index (κ3) is 3.79. The molecule has 1 aliphatic rings. The maximum absolute atomic E-state index is 12.1. The lowest BCUT2D eigenvalue weighted by molar-refractivity contribution is 0.0949. The first-order valence-corrected chi connectivity index (χ1v) is 8.22. The van der Waals surface area contributed by atoms with Gasteiger partial charge in [-0.3, -0.25) is 4.79 Å². The fourth-order valence-electron chi connectivity index (χ4n) is 2.21. The van der Waals surface area contributed by atoms with Crippen LogP contribution >= 0.6 is 23.4 Å². The highest BCUT2D eigenvalue weighted by atomic mass is 35.5. The Bertz CT molecular complexity index is 489. The van der Waals surface area contributed by atoms with E-state index in [4.69, 9.17) is 11.6 Å². The Balaban J connectivity index is 1.97. The number of thioether (sulfide) groups is 1. The molecule has 1 amide bonds. The van der Waals surface area contributed by atoms with Crippen LogP contribution in [0.1, 0.15) is 37.0 Å². The van der Waals surface area contributed by atoms with E-state index < -0.39 is 0 Å². The molecule has 1 atom stereocenters. The second-order valence-electron chi connectivity index (χ2n) is 5.17. The van der Waals surface area contributed by atoms with Crippen molar-refractivity contribution < 1.29 is 4.79 Å². The van der Waals surface area contributed by atoms with E-state index in [-0.39, 0.29) is 10.7 Å². The SMILES string of the molecule is CCNc1ncc(C(=O)NCC2(C)CCCS2)cc1Cl. The molecular formula is C14H20ClN3OS. The van der Waals surface area contributed by atoms with Crippen LogP contribution in [0.3, 0.4) is 0 Å². The molecule has 1 unspecified atom stereocenters. The van der Waals surface area contributed by atoms with Gasteiger partial charge in [0.15, 0.2) is 0 Å². The molecule has 1 aliphatic heterocycles. The zero-order chi connectivity index (χ0) is 14.6. The lowest BCUT2D eigenvalue weighted by atomic mass is 10.1. The first-order chi connectivity index (χ1) is 9.54. The Morgan fingerprint density at radius 3 is 3.00 bits per heavy atom. The van der Waals surface area contributed by atoms with Gasteiger partial charge in [-0.1, -0.05) is 11.6 Å². The van der Waals surface area contributed by atoms with E-state index in [1.165, 1.54) is 12.2 Å². The van der Waals surface area contributed by atoms with E-state index in [1.54, 1.807) is 12.3 Å². The molecule has 2 heterocycles. The van der Waals surface area contributed by atoms with Gasteiger partial charge in [-0.2, -0.15) is 11.8 Å². The van der Waals surface area contributed by atoms with Gasteiger partial charge in [-0.25, -0.2) is 4.98 Å². The number of carbonyl (C=O) groups excluding carboxylic acids is 1. The largest absolute Gasteiger partial charge is 0.369 e. The number of hydrogen-bond donors (Lipinski definition) is 2. The van der Waals surface area contributed by atoms with E-state index >= 15 is 0 Å². The standard InChI is InChI=1S/C14H20ClN3OS/c1-3-16-12-11(15)7-10(8-17-12)13(19)18-9-14(2)5-4-6-20-14/h7-8H,3-6,9H2,1-2H3,(H,16,17)(H,18,19). The normalized spacial score (nSPS) is 21.8. The third-order valence-corrected chi connectivity index (χ3v) is 5.20. The van der Waals surface area contributed by atoms with Gasteiger partial charge in [0.05, 0.1) is 10.6 Å². The van der Waals surface area contributed by atoms with Crippen molar-refractivity contribution in [3.63, 3.8) is 0 Å². The summed E-state index contributed by atoms with van der Waals surface area (Å²) in [5, 5.41) is 6.50. The second-order valence-corrected chi connectivity index (χ2v) is 7.26. The van der Waals surface area contributed by atoms with Gasteiger partial charge in [-0.15, -0.1) is 0 Å². The van der Waals surface area contributed by atoms with Crippen LogP contribution in [0.15, 0.2) is 12.3 Å². The third-order valence-electron chi connectivity index (χ3n) is 3.37. The van der Waals surface area contributed by atoms with Crippen molar-refractivity contribution in [3.8, 4) is 0 Å². The van der Waals surface area contributed by atoms with Crippen molar-refractivity contribution in [3.05, 3.63) is 22.8 Å². The van der Waals surface area contributed by atoms with Crippen LogP contribution in [0, 0.1) is 0 Å². The molecule has 0 saturated carbocycles. The van der Waals surface area contributed by atoms with Crippen LogP contribution in [-0.4, -0.2) is 34.5 Å². The van der Waals surface area contributed by atoms with Gasteiger partial charge in [0.25, 0.3) is 5.91 Å². The van der Waals surface area contributed by atoms with Crippen molar-refractivity contribution in [2.75, 3.05) is 24.2 Å². The Morgan fingerprint density at radius 1 is 1.60 bits per heavy atom. The molecule has 1 aromatic heterocycles. The number of halogens is 1. The summed E-state index contributed by atoms with van der Waals surface area (Å²) in [6.45, 7) is 5.60. The van der Waals surface area contributed by atoms with Gasteiger partial charge in [-0.05, 0) is 38.5 Å². The zero-order valence-electron chi connectivity index (χ0n) is 11.8. The number of pyridine rings is 1. The van der Waals surface area contributed by atoms with Crippen molar-refractivity contribution in [1.29, 1.82) is 0 Å². The molecule has 4 nitrogen and oxygen atoms in total. The minimum absolute atomic E-state index is 0.115. The van der Waals surface area contributed by atoms with Gasteiger partial charge in [0.1, 0.15) is 5.82 Å². The topological polar surface area (TPSA) is 54.0 Å². The Kier molecular flexibility index (Phi) is 5.16. The molecule has 110 valence electrons. The fraction of sp³-hybridized carbons (Fsp3) is 0.571. The lowest BCUT2D eigenvalue weighted by Crippen LogP contribution is -2.36. The molecule has 1 fully saturated rings. The number of rotatable bonds is 5. The predicted molar refractivity (Wildman–Crippen MR) is 85.8 cm³/mol. The predicted octanol–water partition coefficient (Wildman–Crippen LogP) is 3.18. The van der Waals surface area contributed by atoms with Gasteiger partial charge < -0.3 is 10.6 Å². The average Bonchev–Trinajstić information content (AvgIpc) is 2.86. The number of anilines is 1. The molecule has 1 saturated heterocycles. The number of amides is 1. The summed E-state index contributed by atoms with van der Waals surface area (Å²) in [5.41, 5.74) is 0.503. The van der Waals surface area contributed by atoms with Crippen LogP contribution in [0.5, 0.6) is 0 Å². The fourth-order valence-corrected chi connectivity index (χ4v) is 3.68. The number of hydrogen-bond acceptors (Lipinski definition) is 4. The molecular weight excluding hydrogens is 294 g/mol. The smallest absolute Gasteiger partial charge is 0.252 e. The molecule has 0 radical (unpaired) electrons. The van der Waals surface area contributed by atoms with Gasteiger partial charge >= 0.3 is 0 Å². The van der Waals surface area contributed by atoms with Crippen molar-refractivity contribution in [2.24, 2.45) is 0 Å². The summed E-state index contributed by atoms with van der Waals surface area (Å²) >= 11 is 8.03. The van der Waals surface area contributed by atoms with E-state index in [2.05, 4.69) is 22.5 Å². The average molecular weight is 314 g/mol. The van der Waals surface area contributed by atoms with E-state index in [0.717, 1.165) is 13.0 Å². The minimum Gasteiger partial charge on any atom is -0.369 e. The summed E-state index contributed by atoms with van der Waals surface area (Å²) in [4.78, 5) is 16.3. The molecule has 20 heavy (non-hydrogen) atoms.